The van der Waals surface area contributed by atoms with Crippen LogP contribution in [0.2, 0.25) is 0 Å². The van der Waals surface area contributed by atoms with Crippen molar-refractivity contribution >= 4 is 29.1 Å². The maximum absolute atomic E-state index is 14.0. The number of hydrogen-bond acceptors (Lipinski definition) is 5. The third kappa shape index (κ3) is 5.80. The Kier molecular flexibility index (Phi) is 9.83. The fourth-order valence-corrected chi connectivity index (χ4v) is 6.83. The zero-order valence-electron chi connectivity index (χ0n) is 30.5. The van der Waals surface area contributed by atoms with Crippen LogP contribution >= 0.6 is 0 Å². The van der Waals surface area contributed by atoms with Gasteiger partial charge in [-0.15, -0.1) is 0 Å². The molecule has 3 rings (SSSR count). The molecule has 0 radical (unpaired) electrons. The summed E-state index contributed by atoms with van der Waals surface area (Å²) in [4.78, 5) is 49.4. The Bertz CT molecular complexity index is 1650. The molecule has 1 heterocycles. The number of hydrogen-bond donors (Lipinski definition) is 0. The van der Waals surface area contributed by atoms with Crippen LogP contribution in [0.1, 0.15) is 95.3 Å². The molecule has 0 bridgehead atoms. The molecule has 0 aliphatic carbocycles. The summed E-state index contributed by atoms with van der Waals surface area (Å²) in [5.74, 6) is 0.0287. The summed E-state index contributed by atoms with van der Waals surface area (Å²) >= 11 is 0. The molecular weight excluding hydrogens is 564 g/mol. The molecular formula is C37H52N4O4. The smallest absolute Gasteiger partial charge is 0.316 e. The summed E-state index contributed by atoms with van der Waals surface area (Å²) in [7, 11) is 5.18. The molecule has 0 saturated carbocycles. The van der Waals surface area contributed by atoms with Gasteiger partial charge in [0.25, 0.3) is 0 Å². The van der Waals surface area contributed by atoms with Crippen molar-refractivity contribution in [2.24, 2.45) is 0 Å². The molecule has 3 aromatic rings. The minimum Gasteiger partial charge on any atom is -0.441 e. The molecule has 0 saturated heterocycles. The number of amides is 3. The van der Waals surface area contributed by atoms with Gasteiger partial charge in [0.05, 0.1) is 11.4 Å². The number of aryl methyl sites for hydroxylation is 2. The van der Waals surface area contributed by atoms with E-state index in [4.69, 9.17) is 4.42 Å². The molecule has 1 aromatic heterocycles. The van der Waals surface area contributed by atoms with E-state index in [1.807, 2.05) is 69.2 Å². The van der Waals surface area contributed by atoms with Crippen molar-refractivity contribution in [1.82, 2.24) is 9.88 Å². The largest absolute Gasteiger partial charge is 0.441 e. The number of nitrogens with zero attached hydrogens (tertiary/aromatic N) is 4. The van der Waals surface area contributed by atoms with E-state index in [-0.39, 0.29) is 11.8 Å². The van der Waals surface area contributed by atoms with Crippen molar-refractivity contribution in [2.45, 2.75) is 108 Å². The van der Waals surface area contributed by atoms with Gasteiger partial charge in [-0.3, -0.25) is 14.4 Å². The van der Waals surface area contributed by atoms with E-state index in [0.29, 0.717) is 5.89 Å². The van der Waals surface area contributed by atoms with Gasteiger partial charge in [-0.25, -0.2) is 4.98 Å². The Balaban J connectivity index is 2.02. The van der Waals surface area contributed by atoms with E-state index >= 15 is 0 Å². The summed E-state index contributed by atoms with van der Waals surface area (Å²) in [5.41, 5.74) is 11.9. The lowest BCUT2D eigenvalue weighted by atomic mass is 9.76. The lowest BCUT2D eigenvalue weighted by Gasteiger charge is -2.42. The summed E-state index contributed by atoms with van der Waals surface area (Å²) in [5, 5.41) is 0. The Morgan fingerprint density at radius 1 is 0.667 bits per heavy atom. The predicted octanol–water partition coefficient (Wildman–Crippen LogP) is 7.41. The van der Waals surface area contributed by atoms with E-state index in [2.05, 4.69) is 25.8 Å². The van der Waals surface area contributed by atoms with Crippen molar-refractivity contribution < 1.29 is 18.8 Å². The molecule has 1 unspecified atom stereocenters. The Morgan fingerprint density at radius 3 is 1.49 bits per heavy atom. The van der Waals surface area contributed by atoms with Gasteiger partial charge >= 0.3 is 11.8 Å². The van der Waals surface area contributed by atoms with Crippen LogP contribution in [0.15, 0.2) is 4.42 Å². The average molecular weight is 617 g/mol. The predicted molar refractivity (Wildman–Crippen MR) is 184 cm³/mol. The Hall–Kier alpha value is -3.94. The summed E-state index contributed by atoms with van der Waals surface area (Å²) in [6.07, 6.45) is 0. The topological polar surface area (TPSA) is 87.0 Å². The molecule has 3 amide bonds. The fourth-order valence-electron chi connectivity index (χ4n) is 6.83. The van der Waals surface area contributed by atoms with Gasteiger partial charge in [-0.2, -0.15) is 0 Å². The third-order valence-corrected chi connectivity index (χ3v) is 10.7. The molecule has 0 aliphatic rings. The molecule has 8 heteroatoms. The normalized spacial score (nSPS) is 12.3. The maximum atomic E-state index is 14.0. The first-order valence-corrected chi connectivity index (χ1v) is 15.6. The number of anilines is 2. The van der Waals surface area contributed by atoms with Crippen molar-refractivity contribution in [3.05, 3.63) is 61.7 Å². The van der Waals surface area contributed by atoms with E-state index in [1.165, 1.54) is 4.90 Å². The molecule has 0 spiro atoms. The quantitative estimate of drug-likeness (QED) is 0.269. The molecule has 0 N–H and O–H groups in total. The number of benzene rings is 2. The Morgan fingerprint density at radius 2 is 1.09 bits per heavy atom. The zero-order chi connectivity index (χ0) is 34.6. The average Bonchev–Trinajstić information content (AvgIpc) is 3.30. The first-order valence-electron chi connectivity index (χ1n) is 15.6. The molecule has 45 heavy (non-hydrogen) atoms. The maximum Gasteiger partial charge on any atom is 0.316 e. The van der Waals surface area contributed by atoms with Gasteiger partial charge in [-0.1, -0.05) is 6.92 Å². The number of likely N-dealkylation sites (N-methyl/N-ethyl adjacent to an activating group) is 2. The highest BCUT2D eigenvalue weighted by molar-refractivity contribution is 6.40. The van der Waals surface area contributed by atoms with E-state index < -0.39 is 17.4 Å². The number of carbonyl (C=O) groups excluding carboxylic acids is 3. The first kappa shape index (κ1) is 35.5. The van der Waals surface area contributed by atoms with Crippen LogP contribution in [-0.4, -0.2) is 54.3 Å². The monoisotopic (exact) mass is 616 g/mol. The van der Waals surface area contributed by atoms with Gasteiger partial charge in [0.1, 0.15) is 0 Å². The van der Waals surface area contributed by atoms with Crippen LogP contribution in [0.4, 0.5) is 11.4 Å². The lowest BCUT2D eigenvalue weighted by molar-refractivity contribution is -0.147. The highest BCUT2D eigenvalue weighted by atomic mass is 16.4. The highest BCUT2D eigenvalue weighted by Gasteiger charge is 2.40. The van der Waals surface area contributed by atoms with Gasteiger partial charge in [0.15, 0.2) is 11.7 Å². The molecule has 0 aliphatic heterocycles. The summed E-state index contributed by atoms with van der Waals surface area (Å²) in [6, 6.07) is 0. The van der Waals surface area contributed by atoms with Crippen molar-refractivity contribution in [3.63, 3.8) is 0 Å². The van der Waals surface area contributed by atoms with Crippen LogP contribution in [-0.2, 0) is 14.4 Å². The molecule has 0 fully saturated rings. The third-order valence-electron chi connectivity index (χ3n) is 10.7. The van der Waals surface area contributed by atoms with Crippen molar-refractivity contribution in [2.75, 3.05) is 30.9 Å². The SMILES string of the molecule is CC(=O)N(C)c1c(C)c(C)c(C(C)C(C)(C)N(C)C(=O)C(=O)N(C)c2c(C)c(C)c(-c3oc(C)nc3C)c(C)c2C)c(C)c1C. The molecule has 8 nitrogen and oxygen atoms in total. The van der Waals surface area contributed by atoms with E-state index in [1.54, 1.807) is 37.9 Å². The minimum atomic E-state index is -0.711. The molecule has 244 valence electrons. The summed E-state index contributed by atoms with van der Waals surface area (Å²) in [6.45, 7) is 27.7. The van der Waals surface area contributed by atoms with E-state index in [9.17, 15) is 14.4 Å². The number of rotatable bonds is 6. The van der Waals surface area contributed by atoms with Crippen molar-refractivity contribution in [1.29, 1.82) is 0 Å². The van der Waals surface area contributed by atoms with Gasteiger partial charge in [0, 0.05) is 57.7 Å². The van der Waals surface area contributed by atoms with Gasteiger partial charge < -0.3 is 19.1 Å². The highest BCUT2D eigenvalue weighted by Crippen LogP contribution is 2.43. The fraction of sp³-hybridized carbons (Fsp3) is 0.514. The number of aromatic nitrogens is 1. The molecule has 2 aromatic carbocycles. The number of oxazole rings is 1. The van der Waals surface area contributed by atoms with Crippen LogP contribution in [0.5, 0.6) is 0 Å². The first-order chi connectivity index (χ1) is 20.6. The zero-order valence-corrected chi connectivity index (χ0v) is 30.5. The van der Waals surface area contributed by atoms with Crippen LogP contribution in [0.25, 0.3) is 11.3 Å². The second kappa shape index (κ2) is 12.5. The van der Waals surface area contributed by atoms with Gasteiger partial charge in [-0.05, 0) is 126 Å². The summed E-state index contributed by atoms with van der Waals surface area (Å²) < 4.78 is 5.98. The lowest BCUT2D eigenvalue weighted by Crippen LogP contribution is -2.53. The van der Waals surface area contributed by atoms with Gasteiger partial charge in [0.2, 0.25) is 5.91 Å². The van der Waals surface area contributed by atoms with Crippen molar-refractivity contribution in [3.8, 4) is 11.3 Å². The number of carbonyl (C=O) groups is 3. The second-order valence-corrected chi connectivity index (χ2v) is 13.3. The second-order valence-electron chi connectivity index (χ2n) is 13.3. The molecule has 1 atom stereocenters. The standard InChI is InChI=1S/C37H52N4O4/c1-18-22(5)32(39(15)29(12)42)23(6)19(2)30(18)26(9)37(13,14)41(17)36(44)35(43)40(16)33-24(7)20(3)31(21(4)25(33)8)34-27(10)38-28(11)45-34/h26H,1-17H3. The van der Waals surface area contributed by atoms with Crippen LogP contribution in [0, 0.1) is 69.2 Å². The van der Waals surface area contributed by atoms with Crippen LogP contribution in [0.3, 0.4) is 0 Å². The minimum absolute atomic E-state index is 0.0252. The Labute approximate surface area is 269 Å². The van der Waals surface area contributed by atoms with E-state index in [0.717, 1.165) is 78.5 Å². The van der Waals surface area contributed by atoms with Crippen LogP contribution < -0.4 is 9.80 Å².